The van der Waals surface area contributed by atoms with Gasteiger partial charge in [-0.2, -0.15) is 5.10 Å². The van der Waals surface area contributed by atoms with Gasteiger partial charge in [-0.1, -0.05) is 12.1 Å². The SMILES string of the molecule is COc1cccc(-c2[nH]ncc2C(=O)N[C@H](c2nccn2C)C2CC2)c1. The minimum Gasteiger partial charge on any atom is -0.497 e. The lowest BCUT2D eigenvalue weighted by atomic mass is 10.1. The van der Waals surface area contributed by atoms with E-state index in [1.807, 2.05) is 42.1 Å². The molecule has 1 aliphatic carbocycles. The first-order valence-corrected chi connectivity index (χ1v) is 8.63. The van der Waals surface area contributed by atoms with Crippen molar-refractivity contribution in [3.63, 3.8) is 0 Å². The Hall–Kier alpha value is -3.09. The van der Waals surface area contributed by atoms with Gasteiger partial charge in [0.1, 0.15) is 11.6 Å². The maximum atomic E-state index is 13.0. The molecule has 0 spiro atoms. The molecule has 3 aromatic rings. The second-order valence-electron chi connectivity index (χ2n) is 6.58. The molecule has 7 nitrogen and oxygen atoms in total. The van der Waals surface area contributed by atoms with Crippen LogP contribution in [0.25, 0.3) is 11.3 Å². The summed E-state index contributed by atoms with van der Waals surface area (Å²) in [6.07, 6.45) is 7.43. The van der Waals surface area contributed by atoms with Gasteiger partial charge in [-0.15, -0.1) is 0 Å². The van der Waals surface area contributed by atoms with Crippen LogP contribution in [0.2, 0.25) is 0 Å². The predicted molar refractivity (Wildman–Crippen MR) is 96.7 cm³/mol. The van der Waals surface area contributed by atoms with E-state index in [0.717, 1.165) is 30.0 Å². The number of nitrogens with zero attached hydrogens (tertiary/aromatic N) is 3. The zero-order valence-electron chi connectivity index (χ0n) is 14.8. The lowest BCUT2D eigenvalue weighted by molar-refractivity contribution is 0.0929. The number of carbonyl (C=O) groups is 1. The van der Waals surface area contributed by atoms with Crippen LogP contribution in [0.5, 0.6) is 5.75 Å². The number of carbonyl (C=O) groups excluding carboxylic acids is 1. The van der Waals surface area contributed by atoms with Crippen LogP contribution in [0.3, 0.4) is 0 Å². The van der Waals surface area contributed by atoms with E-state index in [0.29, 0.717) is 17.2 Å². The van der Waals surface area contributed by atoms with Crippen LogP contribution in [-0.2, 0) is 7.05 Å². The van der Waals surface area contributed by atoms with Crippen molar-refractivity contribution < 1.29 is 9.53 Å². The molecule has 1 fully saturated rings. The van der Waals surface area contributed by atoms with Gasteiger partial charge < -0.3 is 14.6 Å². The maximum absolute atomic E-state index is 13.0. The Kier molecular flexibility index (Phi) is 4.20. The van der Waals surface area contributed by atoms with Crippen molar-refractivity contribution in [3.8, 4) is 17.0 Å². The molecule has 26 heavy (non-hydrogen) atoms. The number of H-pyrrole nitrogens is 1. The van der Waals surface area contributed by atoms with Gasteiger partial charge in [-0.25, -0.2) is 4.98 Å². The van der Waals surface area contributed by atoms with Crippen LogP contribution in [0.1, 0.15) is 35.1 Å². The standard InChI is InChI=1S/C19H21N5O2/c1-24-9-8-20-18(24)17(12-6-7-12)22-19(25)15-11-21-23-16(15)13-4-3-5-14(10-13)26-2/h3-5,8-12,17H,6-7H2,1-2H3,(H,21,23)(H,22,25)/t17-/m0/s1. The number of aryl methyl sites for hydroxylation is 1. The summed E-state index contributed by atoms with van der Waals surface area (Å²) in [5.41, 5.74) is 2.04. The van der Waals surface area contributed by atoms with Crippen LogP contribution in [-0.4, -0.2) is 32.8 Å². The molecule has 2 N–H and O–H groups in total. The Morgan fingerprint density at radius 2 is 2.27 bits per heavy atom. The van der Waals surface area contributed by atoms with E-state index in [4.69, 9.17) is 4.74 Å². The highest BCUT2D eigenvalue weighted by Gasteiger charge is 2.36. The van der Waals surface area contributed by atoms with Gasteiger partial charge in [0.25, 0.3) is 5.91 Å². The fourth-order valence-electron chi connectivity index (χ4n) is 3.18. The van der Waals surface area contributed by atoms with E-state index in [2.05, 4.69) is 20.5 Å². The molecule has 0 radical (unpaired) electrons. The van der Waals surface area contributed by atoms with Crippen LogP contribution in [0, 0.1) is 5.92 Å². The van der Waals surface area contributed by atoms with E-state index < -0.39 is 0 Å². The Morgan fingerprint density at radius 3 is 2.96 bits per heavy atom. The van der Waals surface area contributed by atoms with Crippen molar-refractivity contribution in [1.29, 1.82) is 0 Å². The maximum Gasteiger partial charge on any atom is 0.255 e. The average Bonchev–Trinajstić information content (AvgIpc) is 3.22. The normalized spacial score (nSPS) is 14.8. The van der Waals surface area contributed by atoms with Crippen molar-refractivity contribution in [3.05, 3.63) is 54.2 Å². The topological polar surface area (TPSA) is 84.8 Å². The van der Waals surface area contributed by atoms with Crippen molar-refractivity contribution >= 4 is 5.91 Å². The molecule has 0 bridgehead atoms. The predicted octanol–water partition coefficient (Wildman–Crippen LogP) is 2.70. The number of aromatic nitrogens is 4. The first-order chi connectivity index (χ1) is 12.7. The highest BCUT2D eigenvalue weighted by molar-refractivity contribution is 6.00. The molecular weight excluding hydrogens is 330 g/mol. The third-order valence-electron chi connectivity index (χ3n) is 4.76. The quantitative estimate of drug-likeness (QED) is 0.715. The van der Waals surface area contributed by atoms with Gasteiger partial charge >= 0.3 is 0 Å². The number of ether oxygens (including phenoxy) is 1. The summed E-state index contributed by atoms with van der Waals surface area (Å²) in [6.45, 7) is 0. The number of benzene rings is 1. The molecule has 1 aromatic carbocycles. The van der Waals surface area contributed by atoms with Crippen LogP contribution < -0.4 is 10.1 Å². The third-order valence-corrected chi connectivity index (χ3v) is 4.76. The van der Waals surface area contributed by atoms with Crippen molar-refractivity contribution in [2.75, 3.05) is 7.11 Å². The van der Waals surface area contributed by atoms with E-state index in [9.17, 15) is 4.79 Å². The second-order valence-corrected chi connectivity index (χ2v) is 6.58. The van der Waals surface area contributed by atoms with E-state index in [-0.39, 0.29) is 11.9 Å². The molecule has 134 valence electrons. The first-order valence-electron chi connectivity index (χ1n) is 8.63. The molecule has 7 heteroatoms. The number of amides is 1. The third kappa shape index (κ3) is 3.08. The molecule has 1 atom stereocenters. The summed E-state index contributed by atoms with van der Waals surface area (Å²) in [5, 5.41) is 10.2. The minimum atomic E-state index is -0.156. The summed E-state index contributed by atoms with van der Waals surface area (Å²) in [5.74, 6) is 1.89. The molecular formula is C19H21N5O2. The molecule has 1 aliphatic rings. The van der Waals surface area contributed by atoms with Gasteiger partial charge in [-0.3, -0.25) is 9.89 Å². The summed E-state index contributed by atoms with van der Waals surface area (Å²) in [7, 11) is 3.57. The number of hydrogen-bond donors (Lipinski definition) is 2. The van der Waals surface area contributed by atoms with E-state index in [1.54, 1.807) is 19.5 Å². The zero-order chi connectivity index (χ0) is 18.1. The fraction of sp³-hybridized carbons (Fsp3) is 0.316. The Bertz CT molecular complexity index is 925. The average molecular weight is 351 g/mol. The zero-order valence-corrected chi connectivity index (χ0v) is 14.8. The molecule has 0 aliphatic heterocycles. The fourth-order valence-corrected chi connectivity index (χ4v) is 3.18. The highest BCUT2D eigenvalue weighted by Crippen LogP contribution is 2.40. The molecule has 1 saturated carbocycles. The molecule has 2 aromatic heterocycles. The minimum absolute atomic E-state index is 0.0874. The first kappa shape index (κ1) is 16.4. The Labute approximate surface area is 151 Å². The summed E-state index contributed by atoms with van der Waals surface area (Å²) >= 11 is 0. The number of rotatable bonds is 6. The van der Waals surface area contributed by atoms with Crippen molar-refractivity contribution in [2.45, 2.75) is 18.9 Å². The molecule has 0 unspecified atom stereocenters. The highest BCUT2D eigenvalue weighted by atomic mass is 16.5. The van der Waals surface area contributed by atoms with Crippen molar-refractivity contribution in [2.24, 2.45) is 13.0 Å². The van der Waals surface area contributed by atoms with E-state index in [1.165, 1.54) is 0 Å². The second kappa shape index (κ2) is 6.67. The Balaban J connectivity index is 1.61. The smallest absolute Gasteiger partial charge is 0.255 e. The lowest BCUT2D eigenvalue weighted by Crippen LogP contribution is -2.31. The number of nitrogens with one attached hydrogen (secondary N) is 2. The number of aromatic amines is 1. The molecule has 4 rings (SSSR count). The largest absolute Gasteiger partial charge is 0.497 e. The van der Waals surface area contributed by atoms with Crippen LogP contribution in [0.15, 0.2) is 42.9 Å². The monoisotopic (exact) mass is 351 g/mol. The number of imidazole rings is 1. The van der Waals surface area contributed by atoms with Gasteiger partial charge in [0.2, 0.25) is 0 Å². The summed E-state index contributed by atoms with van der Waals surface area (Å²) in [6, 6.07) is 7.46. The van der Waals surface area contributed by atoms with Crippen molar-refractivity contribution in [1.82, 2.24) is 25.1 Å². The van der Waals surface area contributed by atoms with E-state index >= 15 is 0 Å². The summed E-state index contributed by atoms with van der Waals surface area (Å²) < 4.78 is 7.23. The lowest BCUT2D eigenvalue weighted by Gasteiger charge is -2.18. The van der Waals surface area contributed by atoms with Gasteiger partial charge in [0.15, 0.2) is 0 Å². The van der Waals surface area contributed by atoms with Gasteiger partial charge in [-0.05, 0) is 30.9 Å². The molecule has 1 amide bonds. The van der Waals surface area contributed by atoms with Crippen LogP contribution >= 0.6 is 0 Å². The van der Waals surface area contributed by atoms with Crippen LogP contribution in [0.4, 0.5) is 0 Å². The number of hydrogen-bond acceptors (Lipinski definition) is 4. The molecule has 0 saturated heterocycles. The number of methoxy groups -OCH3 is 1. The Morgan fingerprint density at radius 1 is 1.42 bits per heavy atom. The van der Waals surface area contributed by atoms with Gasteiger partial charge in [0, 0.05) is 25.0 Å². The van der Waals surface area contributed by atoms with Gasteiger partial charge in [0.05, 0.1) is 30.6 Å². The summed E-state index contributed by atoms with van der Waals surface area (Å²) in [4.78, 5) is 17.4. The molecule has 2 heterocycles.